The third-order valence-corrected chi connectivity index (χ3v) is 1.32. The molecular weight excluding hydrogens is 142 g/mol. The summed E-state index contributed by atoms with van der Waals surface area (Å²) in [6, 6.07) is 6.87. The minimum Gasteiger partial charge on any atom is -0.411 e. The molecule has 11 heavy (non-hydrogen) atoms. The standard InChI is InChI=1S/C8H7NO2/c10-6-8-4-2-1-3-7(8)5-9-11/h1-6,11H/b9-5+. The molecular formula is C8H7NO2. The Morgan fingerprint density at radius 1 is 1.27 bits per heavy atom. The largest absolute Gasteiger partial charge is 0.411 e. The topological polar surface area (TPSA) is 49.7 Å². The summed E-state index contributed by atoms with van der Waals surface area (Å²) in [4.78, 5) is 10.4. The predicted octanol–water partition coefficient (Wildman–Crippen LogP) is 1.31. The SMILES string of the molecule is O=Cc1ccccc1/C=N/O. The van der Waals surface area contributed by atoms with Crippen LogP contribution in [-0.4, -0.2) is 17.7 Å². The molecule has 3 nitrogen and oxygen atoms in total. The highest BCUT2D eigenvalue weighted by atomic mass is 16.4. The van der Waals surface area contributed by atoms with Gasteiger partial charge >= 0.3 is 0 Å². The van der Waals surface area contributed by atoms with Crippen LogP contribution in [0.1, 0.15) is 15.9 Å². The molecule has 56 valence electrons. The van der Waals surface area contributed by atoms with Crippen molar-refractivity contribution in [1.29, 1.82) is 0 Å². The quantitative estimate of drug-likeness (QED) is 0.298. The van der Waals surface area contributed by atoms with E-state index in [1.807, 2.05) is 0 Å². The number of benzene rings is 1. The summed E-state index contributed by atoms with van der Waals surface area (Å²) < 4.78 is 0. The molecule has 0 atom stereocenters. The van der Waals surface area contributed by atoms with E-state index in [-0.39, 0.29) is 0 Å². The summed E-state index contributed by atoms with van der Waals surface area (Å²) in [5.74, 6) is 0. The average Bonchev–Trinajstić information content (AvgIpc) is 2.06. The van der Waals surface area contributed by atoms with E-state index in [1.54, 1.807) is 24.3 Å². The van der Waals surface area contributed by atoms with Gasteiger partial charge in [0.25, 0.3) is 0 Å². The Hall–Kier alpha value is -1.64. The van der Waals surface area contributed by atoms with E-state index in [9.17, 15) is 4.79 Å². The molecule has 1 N–H and O–H groups in total. The number of aldehydes is 1. The number of hydrogen-bond acceptors (Lipinski definition) is 3. The Bertz CT molecular complexity index is 281. The molecule has 0 fully saturated rings. The zero-order valence-corrected chi connectivity index (χ0v) is 5.77. The minimum atomic E-state index is 0.519. The molecule has 0 amide bonds. The number of carbonyl (C=O) groups excluding carboxylic acids is 1. The van der Waals surface area contributed by atoms with E-state index in [4.69, 9.17) is 5.21 Å². The van der Waals surface area contributed by atoms with Gasteiger partial charge < -0.3 is 5.21 Å². The lowest BCUT2D eigenvalue weighted by Gasteiger charge is -1.93. The van der Waals surface area contributed by atoms with Gasteiger partial charge in [-0.05, 0) is 0 Å². The van der Waals surface area contributed by atoms with Crippen molar-refractivity contribution in [3.63, 3.8) is 0 Å². The lowest BCUT2D eigenvalue weighted by Crippen LogP contribution is -1.89. The molecule has 0 aliphatic carbocycles. The Balaban J connectivity index is 3.11. The van der Waals surface area contributed by atoms with Gasteiger partial charge in [0.1, 0.15) is 0 Å². The van der Waals surface area contributed by atoms with Gasteiger partial charge in [-0.25, -0.2) is 0 Å². The first-order valence-corrected chi connectivity index (χ1v) is 3.10. The van der Waals surface area contributed by atoms with Crippen LogP contribution in [0.5, 0.6) is 0 Å². The zero-order valence-electron chi connectivity index (χ0n) is 5.77. The highest BCUT2D eigenvalue weighted by molar-refractivity contribution is 5.91. The maximum absolute atomic E-state index is 10.4. The summed E-state index contributed by atoms with van der Waals surface area (Å²) in [6.45, 7) is 0. The van der Waals surface area contributed by atoms with Gasteiger partial charge in [0.05, 0.1) is 6.21 Å². The number of nitrogens with zero attached hydrogens (tertiary/aromatic N) is 1. The minimum absolute atomic E-state index is 0.519. The van der Waals surface area contributed by atoms with E-state index in [2.05, 4.69) is 5.16 Å². The lowest BCUT2D eigenvalue weighted by molar-refractivity contribution is 0.112. The second-order valence-corrected chi connectivity index (χ2v) is 1.99. The summed E-state index contributed by atoms with van der Waals surface area (Å²) in [6.07, 6.45) is 1.95. The van der Waals surface area contributed by atoms with E-state index >= 15 is 0 Å². The van der Waals surface area contributed by atoms with Gasteiger partial charge in [-0.2, -0.15) is 0 Å². The van der Waals surface area contributed by atoms with Crippen molar-refractivity contribution in [2.75, 3.05) is 0 Å². The molecule has 0 saturated carbocycles. The zero-order chi connectivity index (χ0) is 8.10. The van der Waals surface area contributed by atoms with Crippen LogP contribution in [-0.2, 0) is 0 Å². The third kappa shape index (κ3) is 1.64. The van der Waals surface area contributed by atoms with Crippen LogP contribution in [0, 0.1) is 0 Å². The van der Waals surface area contributed by atoms with Crippen LogP contribution >= 0.6 is 0 Å². The summed E-state index contributed by atoms with van der Waals surface area (Å²) in [5, 5.41) is 11.0. The highest BCUT2D eigenvalue weighted by Crippen LogP contribution is 2.02. The van der Waals surface area contributed by atoms with Crippen molar-refractivity contribution < 1.29 is 10.0 Å². The van der Waals surface area contributed by atoms with Crippen LogP contribution in [0.3, 0.4) is 0 Å². The fourth-order valence-corrected chi connectivity index (χ4v) is 0.798. The maximum atomic E-state index is 10.4. The van der Waals surface area contributed by atoms with Crippen LogP contribution in [0.15, 0.2) is 29.4 Å². The molecule has 0 radical (unpaired) electrons. The Labute approximate surface area is 64.0 Å². The molecule has 0 heterocycles. The van der Waals surface area contributed by atoms with Gasteiger partial charge in [0, 0.05) is 11.1 Å². The first-order valence-electron chi connectivity index (χ1n) is 3.10. The van der Waals surface area contributed by atoms with Crippen LogP contribution in [0.25, 0.3) is 0 Å². The molecule has 1 aromatic rings. The second kappa shape index (κ2) is 3.51. The van der Waals surface area contributed by atoms with E-state index in [1.165, 1.54) is 6.21 Å². The smallest absolute Gasteiger partial charge is 0.150 e. The Kier molecular flexibility index (Phi) is 2.38. The van der Waals surface area contributed by atoms with E-state index < -0.39 is 0 Å². The molecule has 0 aromatic heterocycles. The third-order valence-electron chi connectivity index (χ3n) is 1.32. The van der Waals surface area contributed by atoms with Crippen molar-refractivity contribution in [3.05, 3.63) is 35.4 Å². The fourth-order valence-electron chi connectivity index (χ4n) is 0.798. The van der Waals surface area contributed by atoms with Gasteiger partial charge in [-0.15, -0.1) is 0 Å². The molecule has 0 aliphatic heterocycles. The Morgan fingerprint density at radius 3 is 2.45 bits per heavy atom. The molecule has 0 unspecified atom stereocenters. The highest BCUT2D eigenvalue weighted by Gasteiger charge is 1.94. The molecule has 3 heteroatoms. The van der Waals surface area contributed by atoms with E-state index in [0.717, 1.165) is 6.29 Å². The van der Waals surface area contributed by atoms with Gasteiger partial charge in [-0.3, -0.25) is 4.79 Å². The van der Waals surface area contributed by atoms with Crippen LogP contribution < -0.4 is 0 Å². The van der Waals surface area contributed by atoms with Crippen molar-refractivity contribution in [2.45, 2.75) is 0 Å². The molecule has 0 aliphatic rings. The molecule has 1 aromatic carbocycles. The van der Waals surface area contributed by atoms with Crippen LogP contribution in [0.2, 0.25) is 0 Å². The fraction of sp³-hybridized carbons (Fsp3) is 0. The van der Waals surface area contributed by atoms with Gasteiger partial charge in [0.15, 0.2) is 6.29 Å². The normalized spacial score (nSPS) is 10.2. The number of hydrogen-bond donors (Lipinski definition) is 1. The van der Waals surface area contributed by atoms with Crippen LogP contribution in [0.4, 0.5) is 0 Å². The predicted molar refractivity (Wildman–Crippen MR) is 41.2 cm³/mol. The molecule has 0 bridgehead atoms. The molecule has 0 spiro atoms. The number of oxime groups is 1. The summed E-state index contributed by atoms with van der Waals surface area (Å²) >= 11 is 0. The summed E-state index contributed by atoms with van der Waals surface area (Å²) in [7, 11) is 0. The van der Waals surface area contributed by atoms with Crippen molar-refractivity contribution in [1.82, 2.24) is 0 Å². The molecule has 0 saturated heterocycles. The number of rotatable bonds is 2. The average molecular weight is 149 g/mol. The van der Waals surface area contributed by atoms with E-state index in [0.29, 0.717) is 11.1 Å². The second-order valence-electron chi connectivity index (χ2n) is 1.99. The maximum Gasteiger partial charge on any atom is 0.150 e. The monoisotopic (exact) mass is 149 g/mol. The van der Waals surface area contributed by atoms with Gasteiger partial charge in [-0.1, -0.05) is 29.4 Å². The lowest BCUT2D eigenvalue weighted by atomic mass is 10.1. The number of carbonyl (C=O) groups is 1. The van der Waals surface area contributed by atoms with Gasteiger partial charge in [0.2, 0.25) is 0 Å². The first-order chi connectivity index (χ1) is 5.38. The first kappa shape index (κ1) is 7.47. The van der Waals surface area contributed by atoms with Crippen molar-refractivity contribution in [3.8, 4) is 0 Å². The molecule has 1 rings (SSSR count). The van der Waals surface area contributed by atoms with Crippen molar-refractivity contribution >= 4 is 12.5 Å². The Morgan fingerprint density at radius 2 is 1.91 bits per heavy atom. The summed E-state index contributed by atoms with van der Waals surface area (Å²) in [5.41, 5.74) is 1.13. The van der Waals surface area contributed by atoms with Crippen molar-refractivity contribution in [2.24, 2.45) is 5.16 Å².